The van der Waals surface area contributed by atoms with Gasteiger partial charge in [0.25, 0.3) is 5.92 Å². The quantitative estimate of drug-likeness (QED) is 0.844. The second-order valence-electron chi connectivity index (χ2n) is 3.74. The number of rotatable bonds is 6. The summed E-state index contributed by atoms with van der Waals surface area (Å²) in [7, 11) is 1.46. The molecule has 0 unspecified atom stereocenters. The highest BCUT2D eigenvalue weighted by atomic mass is 35.5. The van der Waals surface area contributed by atoms with E-state index in [0.29, 0.717) is 18.1 Å². The average Bonchev–Trinajstić information content (AvgIpc) is 2.38. The Labute approximate surface area is 116 Å². The van der Waals surface area contributed by atoms with Crippen LogP contribution in [0.25, 0.3) is 0 Å². The van der Waals surface area contributed by atoms with Crippen LogP contribution < -0.4 is 15.2 Å². The molecule has 1 aromatic rings. The smallest absolute Gasteiger partial charge is 0.289 e. The Morgan fingerprint density at radius 2 is 2.00 bits per heavy atom. The monoisotopic (exact) mass is 297 g/mol. The molecule has 0 spiro atoms. The molecule has 0 heterocycles. The number of aliphatic hydroxyl groups is 1. The third kappa shape index (κ3) is 4.19. The molecule has 0 bridgehead atoms. The lowest BCUT2D eigenvalue weighted by molar-refractivity contribution is -0.0712. The summed E-state index contributed by atoms with van der Waals surface area (Å²) < 4.78 is 36.9. The number of ether oxygens (including phenoxy) is 2. The maximum Gasteiger partial charge on any atom is 0.289 e. The molecular formula is C12H18ClF2NO3. The van der Waals surface area contributed by atoms with Crippen molar-refractivity contribution in [3.05, 3.63) is 23.8 Å². The first-order valence-electron chi connectivity index (χ1n) is 5.51. The maximum absolute atomic E-state index is 13.3. The first-order chi connectivity index (χ1) is 8.46. The van der Waals surface area contributed by atoms with E-state index in [-0.39, 0.29) is 18.0 Å². The molecule has 0 aliphatic heterocycles. The van der Waals surface area contributed by atoms with Gasteiger partial charge in [-0.2, -0.15) is 0 Å². The van der Waals surface area contributed by atoms with E-state index in [1.807, 2.05) is 0 Å². The predicted octanol–water partition coefficient (Wildman–Crippen LogP) is 2.14. The number of aliphatic hydroxyl groups excluding tert-OH is 1. The van der Waals surface area contributed by atoms with Gasteiger partial charge in [-0.15, -0.1) is 12.4 Å². The summed E-state index contributed by atoms with van der Waals surface area (Å²) in [6.45, 7) is 0.851. The van der Waals surface area contributed by atoms with E-state index >= 15 is 0 Å². The lowest BCUT2D eigenvalue weighted by Crippen LogP contribution is -2.36. The zero-order valence-corrected chi connectivity index (χ0v) is 11.5. The van der Waals surface area contributed by atoms with Crippen LogP contribution in [0, 0.1) is 0 Å². The molecule has 19 heavy (non-hydrogen) atoms. The van der Waals surface area contributed by atoms with Gasteiger partial charge in [0.15, 0.2) is 11.5 Å². The van der Waals surface area contributed by atoms with Gasteiger partial charge in [-0.3, -0.25) is 0 Å². The van der Waals surface area contributed by atoms with Crippen molar-refractivity contribution in [3.63, 3.8) is 0 Å². The Morgan fingerprint density at radius 1 is 1.37 bits per heavy atom. The maximum atomic E-state index is 13.3. The largest absolute Gasteiger partial charge is 0.493 e. The van der Waals surface area contributed by atoms with Crippen molar-refractivity contribution >= 4 is 12.4 Å². The summed E-state index contributed by atoms with van der Waals surface area (Å²) in [5.41, 5.74) is 5.61. The van der Waals surface area contributed by atoms with Crippen molar-refractivity contribution in [3.8, 4) is 11.5 Å². The molecule has 0 saturated heterocycles. The molecule has 1 atom stereocenters. The summed E-state index contributed by atoms with van der Waals surface area (Å²) in [5.74, 6) is -2.58. The van der Waals surface area contributed by atoms with Gasteiger partial charge in [-0.25, -0.2) is 8.78 Å². The van der Waals surface area contributed by atoms with Gasteiger partial charge in [-0.1, -0.05) is 6.07 Å². The number of alkyl halides is 2. The van der Waals surface area contributed by atoms with E-state index in [1.54, 1.807) is 6.92 Å². The molecule has 7 heteroatoms. The van der Waals surface area contributed by atoms with Crippen molar-refractivity contribution in [1.29, 1.82) is 0 Å². The Hall–Kier alpha value is -1.11. The Morgan fingerprint density at radius 3 is 2.47 bits per heavy atom. The highest BCUT2D eigenvalue weighted by molar-refractivity contribution is 5.85. The van der Waals surface area contributed by atoms with Crippen LogP contribution in [-0.2, 0) is 0 Å². The van der Waals surface area contributed by atoms with Gasteiger partial charge >= 0.3 is 0 Å². The average molecular weight is 298 g/mol. The molecule has 1 rings (SSSR count). The van der Waals surface area contributed by atoms with Gasteiger partial charge in [0.2, 0.25) is 0 Å². The number of hydrogen-bond acceptors (Lipinski definition) is 4. The van der Waals surface area contributed by atoms with Crippen LogP contribution in [0.15, 0.2) is 18.2 Å². The van der Waals surface area contributed by atoms with Crippen LogP contribution in [0.3, 0.4) is 0 Å². The molecule has 4 nitrogen and oxygen atoms in total. The highest BCUT2D eigenvalue weighted by Gasteiger charge is 2.37. The van der Waals surface area contributed by atoms with Crippen LogP contribution in [0.1, 0.15) is 18.5 Å². The first-order valence-corrected chi connectivity index (χ1v) is 5.51. The summed E-state index contributed by atoms with van der Waals surface area (Å²) >= 11 is 0. The van der Waals surface area contributed by atoms with E-state index in [0.717, 1.165) is 0 Å². The van der Waals surface area contributed by atoms with Gasteiger partial charge in [0.1, 0.15) is 6.61 Å². The molecule has 0 aliphatic rings. The normalized spacial score (nSPS) is 12.5. The molecule has 0 radical (unpaired) electrons. The van der Waals surface area contributed by atoms with Gasteiger partial charge in [-0.05, 0) is 24.6 Å². The molecule has 1 aromatic carbocycles. The molecule has 0 aliphatic carbocycles. The standard InChI is InChI=1S/C12H17F2NO3.ClH/c1-3-18-10-6-8(4-5-9(10)17-2)11(15)12(13,14)7-16;/h4-6,11,16H,3,7,15H2,1-2H3;1H/t11-;/m1./s1. The van der Waals surface area contributed by atoms with Crippen LogP contribution in [0.5, 0.6) is 11.5 Å². The highest BCUT2D eigenvalue weighted by Crippen LogP contribution is 2.34. The summed E-state index contributed by atoms with van der Waals surface area (Å²) in [6, 6.07) is 2.74. The van der Waals surface area contributed by atoms with Gasteiger partial charge < -0.3 is 20.3 Å². The second kappa shape index (κ2) is 7.47. The number of nitrogens with two attached hydrogens (primary N) is 1. The molecule has 0 fully saturated rings. The topological polar surface area (TPSA) is 64.7 Å². The van der Waals surface area contributed by atoms with E-state index < -0.39 is 18.6 Å². The fourth-order valence-electron chi connectivity index (χ4n) is 1.50. The first kappa shape index (κ1) is 17.9. The van der Waals surface area contributed by atoms with Crippen molar-refractivity contribution < 1.29 is 23.4 Å². The Balaban J connectivity index is 0.00000324. The van der Waals surface area contributed by atoms with E-state index in [1.165, 1.54) is 25.3 Å². The Bertz CT molecular complexity index is 405. The summed E-state index contributed by atoms with van der Waals surface area (Å²) in [6.07, 6.45) is 0. The third-order valence-corrected chi connectivity index (χ3v) is 2.51. The molecule has 3 N–H and O–H groups in total. The fourth-order valence-corrected chi connectivity index (χ4v) is 1.50. The molecule has 110 valence electrons. The van der Waals surface area contributed by atoms with Crippen molar-refractivity contribution in [2.75, 3.05) is 20.3 Å². The third-order valence-electron chi connectivity index (χ3n) is 2.51. The summed E-state index contributed by atoms with van der Waals surface area (Å²) in [5, 5.41) is 8.61. The predicted molar refractivity (Wildman–Crippen MR) is 70.4 cm³/mol. The van der Waals surface area contributed by atoms with Crippen LogP contribution in [0.2, 0.25) is 0 Å². The summed E-state index contributed by atoms with van der Waals surface area (Å²) in [4.78, 5) is 0. The van der Waals surface area contributed by atoms with Crippen molar-refractivity contribution in [2.24, 2.45) is 5.73 Å². The number of methoxy groups -OCH3 is 1. The van der Waals surface area contributed by atoms with Crippen LogP contribution in [0.4, 0.5) is 8.78 Å². The second-order valence-corrected chi connectivity index (χ2v) is 3.74. The molecule has 0 saturated carbocycles. The SMILES string of the molecule is CCOc1cc([C@@H](N)C(F)(F)CO)ccc1OC.Cl. The Kier molecular flexibility index (Phi) is 7.04. The van der Waals surface area contributed by atoms with Crippen LogP contribution >= 0.6 is 12.4 Å². The van der Waals surface area contributed by atoms with E-state index in [9.17, 15) is 8.78 Å². The number of hydrogen-bond donors (Lipinski definition) is 2. The number of benzene rings is 1. The minimum atomic E-state index is -3.38. The van der Waals surface area contributed by atoms with Gasteiger partial charge in [0, 0.05) is 0 Å². The minimum absolute atomic E-state index is 0. The zero-order chi connectivity index (χ0) is 13.8. The van der Waals surface area contributed by atoms with E-state index in [2.05, 4.69) is 0 Å². The molecule has 0 aromatic heterocycles. The number of halogens is 3. The van der Waals surface area contributed by atoms with Crippen molar-refractivity contribution in [1.82, 2.24) is 0 Å². The lowest BCUT2D eigenvalue weighted by atomic mass is 10.0. The zero-order valence-electron chi connectivity index (χ0n) is 10.7. The fraction of sp³-hybridized carbons (Fsp3) is 0.500. The van der Waals surface area contributed by atoms with Crippen molar-refractivity contribution in [2.45, 2.75) is 18.9 Å². The molecule has 0 amide bonds. The molecular weight excluding hydrogens is 280 g/mol. The van der Waals surface area contributed by atoms with Crippen LogP contribution in [-0.4, -0.2) is 31.4 Å². The minimum Gasteiger partial charge on any atom is -0.493 e. The lowest BCUT2D eigenvalue weighted by Gasteiger charge is -2.22. The van der Waals surface area contributed by atoms with E-state index in [4.69, 9.17) is 20.3 Å². The van der Waals surface area contributed by atoms with Gasteiger partial charge in [0.05, 0.1) is 19.8 Å².